The van der Waals surface area contributed by atoms with E-state index in [2.05, 4.69) is 10.1 Å². The first kappa shape index (κ1) is 16.3. The van der Waals surface area contributed by atoms with Crippen molar-refractivity contribution in [2.24, 2.45) is 0 Å². The first-order chi connectivity index (χ1) is 12.1. The second-order valence-electron chi connectivity index (χ2n) is 5.25. The molecule has 124 valence electrons. The molecule has 1 aliphatic heterocycles. The van der Waals surface area contributed by atoms with E-state index < -0.39 is 5.97 Å². The van der Waals surface area contributed by atoms with E-state index in [-0.39, 0.29) is 12.5 Å². The fourth-order valence-electron chi connectivity index (χ4n) is 2.58. The molecule has 0 saturated carbocycles. The molecule has 0 aliphatic carbocycles. The van der Waals surface area contributed by atoms with Crippen LogP contribution in [0, 0.1) is 11.3 Å². The summed E-state index contributed by atoms with van der Waals surface area (Å²) in [6, 6.07) is 13.9. The van der Waals surface area contributed by atoms with Crippen LogP contribution in [0.3, 0.4) is 0 Å². The van der Waals surface area contributed by atoms with Crippen LogP contribution in [-0.4, -0.2) is 25.6 Å². The number of carbonyl (C=O) groups is 2. The minimum atomic E-state index is -0.468. The molecule has 1 aliphatic rings. The van der Waals surface area contributed by atoms with Crippen LogP contribution in [0.2, 0.25) is 0 Å². The predicted molar refractivity (Wildman–Crippen MR) is 91.8 cm³/mol. The molecule has 0 fully saturated rings. The molecule has 1 N–H and O–H groups in total. The van der Waals surface area contributed by atoms with E-state index in [0.29, 0.717) is 33.7 Å². The van der Waals surface area contributed by atoms with E-state index in [4.69, 9.17) is 10.00 Å². The van der Waals surface area contributed by atoms with Crippen molar-refractivity contribution in [3.8, 4) is 11.8 Å². The fourth-order valence-corrected chi connectivity index (χ4v) is 2.58. The lowest BCUT2D eigenvalue weighted by Gasteiger charge is -2.06. The lowest BCUT2D eigenvalue weighted by Crippen LogP contribution is -2.04. The van der Waals surface area contributed by atoms with Crippen LogP contribution in [0.25, 0.3) is 11.6 Å². The number of hydrogen-bond acceptors (Lipinski definition) is 5. The van der Waals surface area contributed by atoms with Crippen molar-refractivity contribution in [3.63, 3.8) is 0 Å². The Morgan fingerprint density at radius 2 is 2.08 bits per heavy atom. The smallest absolute Gasteiger partial charge is 0.337 e. The molecule has 0 aromatic heterocycles. The van der Waals surface area contributed by atoms with Gasteiger partial charge in [0.05, 0.1) is 12.7 Å². The zero-order valence-electron chi connectivity index (χ0n) is 13.4. The Kier molecular flexibility index (Phi) is 4.48. The number of nitriles is 1. The number of carbonyl (C=O) groups excluding carboxylic acids is 2. The summed E-state index contributed by atoms with van der Waals surface area (Å²) < 4.78 is 10.1. The maximum Gasteiger partial charge on any atom is 0.337 e. The summed E-state index contributed by atoms with van der Waals surface area (Å²) in [5.74, 6) is -0.221. The van der Waals surface area contributed by atoms with Crippen LogP contribution in [0.5, 0.6) is 5.75 Å². The fraction of sp³-hybridized carbons (Fsp3) is 0.105. The Morgan fingerprint density at radius 3 is 2.84 bits per heavy atom. The van der Waals surface area contributed by atoms with Gasteiger partial charge in [0.2, 0.25) is 0 Å². The highest BCUT2D eigenvalue weighted by atomic mass is 16.5. The molecule has 1 heterocycles. The summed E-state index contributed by atoms with van der Waals surface area (Å²) >= 11 is 0. The van der Waals surface area contributed by atoms with Gasteiger partial charge in [0.15, 0.2) is 6.61 Å². The largest absolute Gasteiger partial charge is 0.478 e. The van der Waals surface area contributed by atoms with E-state index in [1.807, 2.05) is 12.1 Å². The van der Waals surface area contributed by atoms with Crippen LogP contribution in [-0.2, 0) is 9.53 Å². The number of para-hydroxylation sites is 1. The van der Waals surface area contributed by atoms with Crippen molar-refractivity contribution >= 4 is 29.2 Å². The topological polar surface area (TPSA) is 88.4 Å². The summed E-state index contributed by atoms with van der Waals surface area (Å²) in [5, 5.41) is 11.4. The number of hydrogen-bond donors (Lipinski definition) is 1. The Balaban J connectivity index is 2.01. The van der Waals surface area contributed by atoms with Crippen molar-refractivity contribution in [2.45, 2.75) is 0 Å². The van der Waals surface area contributed by atoms with E-state index in [0.717, 1.165) is 0 Å². The van der Waals surface area contributed by atoms with Gasteiger partial charge >= 0.3 is 5.97 Å². The average molecular weight is 334 g/mol. The van der Waals surface area contributed by atoms with Gasteiger partial charge in [-0.05, 0) is 24.3 Å². The van der Waals surface area contributed by atoms with Crippen molar-refractivity contribution in [1.82, 2.24) is 0 Å². The molecular formula is C19H14N2O4. The molecule has 2 aromatic carbocycles. The quantitative estimate of drug-likeness (QED) is 0.686. The third-order valence-corrected chi connectivity index (χ3v) is 3.73. The standard InChI is InChI=1S/C19H14N2O4/c1-24-19(23)13-6-7-14-15(18(22)21-16(14)11-13)10-12-4-2-3-5-17(12)25-9-8-20/h2-7,10-11H,9H2,1H3,(H,21,22)/b15-10-. The zero-order valence-corrected chi connectivity index (χ0v) is 13.4. The summed E-state index contributed by atoms with van der Waals surface area (Å²) in [6.07, 6.45) is 1.70. The molecule has 1 amide bonds. The SMILES string of the molecule is COC(=O)c1ccc2c(c1)NC(=O)/C2=C\c1ccccc1OCC#N. The molecule has 3 rings (SSSR count). The van der Waals surface area contributed by atoms with Crippen LogP contribution in [0.1, 0.15) is 21.5 Å². The van der Waals surface area contributed by atoms with Crippen LogP contribution in [0.15, 0.2) is 42.5 Å². The molecule has 0 unspecified atom stereocenters. The van der Waals surface area contributed by atoms with Crippen molar-refractivity contribution < 1.29 is 19.1 Å². The third-order valence-electron chi connectivity index (χ3n) is 3.73. The minimum absolute atomic E-state index is 0.0779. The number of rotatable bonds is 4. The first-order valence-electron chi connectivity index (χ1n) is 7.48. The molecule has 0 saturated heterocycles. The highest BCUT2D eigenvalue weighted by Crippen LogP contribution is 2.35. The number of nitrogens with zero attached hydrogens (tertiary/aromatic N) is 1. The predicted octanol–water partition coefficient (Wildman–Crippen LogP) is 2.87. The van der Waals surface area contributed by atoms with E-state index in [9.17, 15) is 9.59 Å². The maximum absolute atomic E-state index is 12.3. The van der Waals surface area contributed by atoms with Crippen LogP contribution < -0.4 is 10.1 Å². The Hall–Kier alpha value is -3.59. The number of amides is 1. The van der Waals surface area contributed by atoms with E-state index in [1.54, 1.807) is 42.5 Å². The second kappa shape index (κ2) is 6.89. The van der Waals surface area contributed by atoms with Gasteiger partial charge in [-0.25, -0.2) is 4.79 Å². The zero-order chi connectivity index (χ0) is 17.8. The minimum Gasteiger partial charge on any atom is -0.478 e. The van der Waals surface area contributed by atoms with Gasteiger partial charge < -0.3 is 14.8 Å². The second-order valence-corrected chi connectivity index (χ2v) is 5.25. The molecular weight excluding hydrogens is 320 g/mol. The van der Waals surface area contributed by atoms with Gasteiger partial charge in [0.25, 0.3) is 5.91 Å². The summed E-state index contributed by atoms with van der Waals surface area (Å²) in [7, 11) is 1.30. The maximum atomic E-state index is 12.3. The van der Waals surface area contributed by atoms with Gasteiger partial charge in [-0.2, -0.15) is 5.26 Å². The normalized spacial score (nSPS) is 13.8. The lowest BCUT2D eigenvalue weighted by atomic mass is 10.0. The highest BCUT2D eigenvalue weighted by Gasteiger charge is 2.25. The number of ether oxygens (including phenoxy) is 2. The molecule has 0 spiro atoms. The number of nitrogens with one attached hydrogen (secondary N) is 1. The molecule has 2 aromatic rings. The van der Waals surface area contributed by atoms with E-state index >= 15 is 0 Å². The number of anilines is 1. The third kappa shape index (κ3) is 3.21. The van der Waals surface area contributed by atoms with Gasteiger partial charge in [-0.15, -0.1) is 0 Å². The van der Waals surface area contributed by atoms with Gasteiger partial charge in [0.1, 0.15) is 11.8 Å². The summed E-state index contributed by atoms with van der Waals surface area (Å²) in [4.78, 5) is 23.9. The van der Waals surface area contributed by atoms with Gasteiger partial charge in [-0.1, -0.05) is 24.3 Å². The number of benzene rings is 2. The Morgan fingerprint density at radius 1 is 1.28 bits per heavy atom. The van der Waals surface area contributed by atoms with Crippen LogP contribution in [0.4, 0.5) is 5.69 Å². The Bertz CT molecular complexity index is 925. The summed E-state index contributed by atoms with van der Waals surface area (Å²) in [5.41, 5.74) is 2.75. The monoisotopic (exact) mass is 334 g/mol. The molecule has 6 heteroatoms. The number of esters is 1. The first-order valence-corrected chi connectivity index (χ1v) is 7.48. The van der Waals surface area contributed by atoms with Gasteiger partial charge in [-0.3, -0.25) is 4.79 Å². The molecule has 6 nitrogen and oxygen atoms in total. The van der Waals surface area contributed by atoms with Crippen molar-refractivity contribution in [1.29, 1.82) is 5.26 Å². The summed E-state index contributed by atoms with van der Waals surface area (Å²) in [6.45, 7) is -0.0779. The molecule has 0 atom stereocenters. The molecule has 0 radical (unpaired) electrons. The average Bonchev–Trinajstić information content (AvgIpc) is 2.95. The molecule has 25 heavy (non-hydrogen) atoms. The Labute approximate surface area is 144 Å². The van der Waals surface area contributed by atoms with Crippen molar-refractivity contribution in [3.05, 3.63) is 59.2 Å². The van der Waals surface area contributed by atoms with Crippen LogP contribution >= 0.6 is 0 Å². The highest BCUT2D eigenvalue weighted by molar-refractivity contribution is 6.35. The number of methoxy groups -OCH3 is 1. The lowest BCUT2D eigenvalue weighted by molar-refractivity contribution is -0.110. The van der Waals surface area contributed by atoms with Crippen molar-refractivity contribution in [2.75, 3.05) is 19.0 Å². The van der Waals surface area contributed by atoms with Gasteiger partial charge in [0, 0.05) is 22.4 Å². The number of fused-ring (bicyclic) bond motifs is 1. The van der Waals surface area contributed by atoms with E-state index in [1.165, 1.54) is 7.11 Å². The molecule has 0 bridgehead atoms.